The molecule has 0 aliphatic rings. The van der Waals surface area contributed by atoms with Crippen LogP contribution in [0.5, 0.6) is 0 Å². The number of hydrogen-bond acceptors (Lipinski definition) is 5. The van der Waals surface area contributed by atoms with E-state index < -0.39 is 5.97 Å². The molecular formula is C15H17BrN2O2S. The van der Waals surface area contributed by atoms with Gasteiger partial charge in [-0.15, -0.1) is 11.3 Å². The van der Waals surface area contributed by atoms with Crippen molar-refractivity contribution in [3.63, 3.8) is 0 Å². The topological polar surface area (TPSA) is 65.2 Å². The number of halogens is 1. The number of thiazole rings is 1. The molecule has 1 aromatic heterocycles. The maximum Gasteiger partial charge on any atom is 0.339 e. The smallest absolute Gasteiger partial charge is 0.339 e. The number of carbonyl (C=O) groups is 1. The van der Waals surface area contributed by atoms with Crippen LogP contribution in [0.2, 0.25) is 0 Å². The summed E-state index contributed by atoms with van der Waals surface area (Å²) < 4.78 is 5.96. The van der Waals surface area contributed by atoms with Crippen molar-refractivity contribution < 1.29 is 9.53 Å². The molecule has 1 heterocycles. The molecule has 0 fully saturated rings. The number of aromatic nitrogens is 1. The van der Waals surface area contributed by atoms with Gasteiger partial charge in [0, 0.05) is 21.0 Å². The summed E-state index contributed by atoms with van der Waals surface area (Å²) in [5.74, 6) is -0.415. The van der Waals surface area contributed by atoms with Crippen molar-refractivity contribution in [2.75, 3.05) is 5.73 Å². The van der Waals surface area contributed by atoms with E-state index in [2.05, 4.69) is 41.7 Å². The Morgan fingerprint density at radius 1 is 1.43 bits per heavy atom. The molecule has 0 saturated carbocycles. The van der Waals surface area contributed by atoms with Crippen LogP contribution >= 0.6 is 27.3 Å². The Kier molecular flexibility index (Phi) is 4.68. The molecule has 2 N–H and O–H groups in total. The van der Waals surface area contributed by atoms with Crippen molar-refractivity contribution in [1.82, 2.24) is 4.98 Å². The lowest BCUT2D eigenvalue weighted by molar-refractivity contribution is 0.0471. The van der Waals surface area contributed by atoms with Gasteiger partial charge in [0.15, 0.2) is 0 Å². The van der Waals surface area contributed by atoms with Crippen LogP contribution in [0.3, 0.4) is 0 Å². The molecule has 2 rings (SSSR count). The average molecular weight is 369 g/mol. The van der Waals surface area contributed by atoms with Gasteiger partial charge in [-0.25, -0.2) is 9.78 Å². The minimum atomic E-state index is -0.415. The van der Waals surface area contributed by atoms with E-state index in [1.54, 1.807) is 18.2 Å². The Morgan fingerprint density at radius 3 is 2.76 bits per heavy atom. The Balaban J connectivity index is 2.04. The molecule has 0 spiro atoms. The van der Waals surface area contributed by atoms with Crippen molar-refractivity contribution in [1.29, 1.82) is 0 Å². The standard InChI is InChI=1S/C15H17BrN2O2S/c1-15(2,3)12-8-21-13(18-12)7-20-14(19)10-6-9(17)4-5-11(10)16/h4-6,8H,7,17H2,1-3H3. The quantitative estimate of drug-likeness (QED) is 0.652. The molecule has 0 atom stereocenters. The number of nitrogen functional groups attached to an aromatic ring is 1. The van der Waals surface area contributed by atoms with E-state index in [0.29, 0.717) is 15.7 Å². The third-order valence-corrected chi connectivity index (χ3v) is 4.37. The highest BCUT2D eigenvalue weighted by atomic mass is 79.9. The molecular weight excluding hydrogens is 352 g/mol. The number of nitrogens with two attached hydrogens (primary N) is 1. The molecule has 0 bridgehead atoms. The lowest BCUT2D eigenvalue weighted by Crippen LogP contribution is -2.12. The normalized spacial score (nSPS) is 11.4. The highest BCUT2D eigenvalue weighted by Crippen LogP contribution is 2.25. The van der Waals surface area contributed by atoms with E-state index in [0.717, 1.165) is 10.7 Å². The van der Waals surface area contributed by atoms with Gasteiger partial charge in [-0.3, -0.25) is 0 Å². The largest absolute Gasteiger partial charge is 0.455 e. The molecule has 0 aliphatic heterocycles. The first-order valence-corrected chi connectivity index (χ1v) is 8.11. The maximum absolute atomic E-state index is 12.1. The predicted molar refractivity (Wildman–Crippen MR) is 88.5 cm³/mol. The van der Waals surface area contributed by atoms with E-state index in [-0.39, 0.29) is 12.0 Å². The monoisotopic (exact) mass is 368 g/mol. The van der Waals surface area contributed by atoms with E-state index in [4.69, 9.17) is 10.5 Å². The van der Waals surface area contributed by atoms with Crippen LogP contribution in [0.4, 0.5) is 5.69 Å². The molecule has 112 valence electrons. The Morgan fingerprint density at radius 2 is 2.14 bits per heavy atom. The van der Waals surface area contributed by atoms with E-state index in [9.17, 15) is 4.79 Å². The number of carbonyl (C=O) groups excluding carboxylic acids is 1. The third kappa shape index (κ3) is 4.04. The lowest BCUT2D eigenvalue weighted by Gasteiger charge is -2.14. The second-order valence-corrected chi connectivity index (χ2v) is 7.49. The van der Waals surface area contributed by atoms with E-state index >= 15 is 0 Å². The fourth-order valence-corrected chi connectivity index (χ4v) is 2.97. The summed E-state index contributed by atoms with van der Waals surface area (Å²) in [6, 6.07) is 5.04. The van der Waals surface area contributed by atoms with Gasteiger partial charge in [0.1, 0.15) is 11.6 Å². The van der Waals surface area contributed by atoms with Crippen molar-refractivity contribution in [3.05, 3.63) is 44.3 Å². The van der Waals surface area contributed by atoms with Gasteiger partial charge in [-0.2, -0.15) is 0 Å². The first-order valence-electron chi connectivity index (χ1n) is 6.44. The van der Waals surface area contributed by atoms with Crippen LogP contribution in [-0.4, -0.2) is 11.0 Å². The number of rotatable bonds is 3. The van der Waals surface area contributed by atoms with Gasteiger partial charge >= 0.3 is 5.97 Å². The molecule has 0 unspecified atom stereocenters. The second-order valence-electron chi connectivity index (χ2n) is 5.69. The average Bonchev–Trinajstić information content (AvgIpc) is 2.87. The van der Waals surface area contributed by atoms with Gasteiger partial charge in [0.05, 0.1) is 11.3 Å². The highest BCUT2D eigenvalue weighted by Gasteiger charge is 2.18. The number of ether oxygens (including phenoxy) is 1. The first kappa shape index (κ1) is 16.0. The zero-order valence-corrected chi connectivity index (χ0v) is 14.5. The zero-order valence-electron chi connectivity index (χ0n) is 12.1. The minimum Gasteiger partial charge on any atom is -0.455 e. The van der Waals surface area contributed by atoms with Gasteiger partial charge in [-0.1, -0.05) is 20.8 Å². The van der Waals surface area contributed by atoms with Crippen molar-refractivity contribution in [2.24, 2.45) is 0 Å². The van der Waals surface area contributed by atoms with Crippen molar-refractivity contribution in [3.8, 4) is 0 Å². The Bertz CT molecular complexity index is 662. The van der Waals surface area contributed by atoms with Crippen LogP contribution < -0.4 is 5.73 Å². The van der Waals surface area contributed by atoms with Crippen molar-refractivity contribution >= 4 is 38.9 Å². The number of esters is 1. The molecule has 2 aromatic rings. The van der Waals surface area contributed by atoms with Crippen molar-refractivity contribution in [2.45, 2.75) is 32.8 Å². The summed E-state index contributed by atoms with van der Waals surface area (Å²) >= 11 is 4.81. The van der Waals surface area contributed by atoms with Crippen LogP contribution in [0, 0.1) is 0 Å². The number of anilines is 1. The maximum atomic E-state index is 12.1. The van der Waals surface area contributed by atoms with E-state index in [1.807, 2.05) is 5.38 Å². The first-order chi connectivity index (χ1) is 9.77. The molecule has 4 nitrogen and oxygen atoms in total. The number of hydrogen-bond donors (Lipinski definition) is 1. The molecule has 1 aromatic carbocycles. The summed E-state index contributed by atoms with van der Waals surface area (Å²) in [5.41, 5.74) is 7.63. The summed E-state index contributed by atoms with van der Waals surface area (Å²) in [5, 5.41) is 2.79. The van der Waals surface area contributed by atoms with Crippen LogP contribution in [0.15, 0.2) is 28.1 Å². The molecule has 6 heteroatoms. The molecule has 0 amide bonds. The van der Waals surface area contributed by atoms with Crippen LogP contribution in [-0.2, 0) is 16.8 Å². The van der Waals surface area contributed by atoms with Gasteiger partial charge in [0.2, 0.25) is 0 Å². The minimum absolute atomic E-state index is 0.00430. The van der Waals surface area contributed by atoms with Crippen LogP contribution in [0.1, 0.15) is 41.8 Å². The third-order valence-electron chi connectivity index (χ3n) is 2.86. The summed E-state index contributed by atoms with van der Waals surface area (Å²) in [7, 11) is 0. The number of nitrogens with zero attached hydrogens (tertiary/aromatic N) is 1. The Hall–Kier alpha value is -1.40. The molecule has 0 saturated heterocycles. The zero-order chi connectivity index (χ0) is 15.6. The SMILES string of the molecule is CC(C)(C)c1csc(COC(=O)c2cc(N)ccc2Br)n1. The van der Waals surface area contributed by atoms with Gasteiger partial charge < -0.3 is 10.5 Å². The van der Waals surface area contributed by atoms with Gasteiger partial charge in [0.25, 0.3) is 0 Å². The van der Waals surface area contributed by atoms with Crippen LogP contribution in [0.25, 0.3) is 0 Å². The summed E-state index contributed by atoms with van der Waals surface area (Å²) in [4.78, 5) is 16.6. The number of benzene rings is 1. The predicted octanol–water partition coefficient (Wildman–Crippen LogP) is 4.14. The fourth-order valence-electron chi connectivity index (χ4n) is 1.63. The summed E-state index contributed by atoms with van der Waals surface area (Å²) in [6.45, 7) is 6.46. The molecule has 21 heavy (non-hydrogen) atoms. The summed E-state index contributed by atoms with van der Waals surface area (Å²) in [6.07, 6.45) is 0. The molecule has 0 radical (unpaired) electrons. The Labute approximate surface area is 136 Å². The lowest BCUT2D eigenvalue weighted by atomic mass is 9.93. The van der Waals surface area contributed by atoms with Gasteiger partial charge in [-0.05, 0) is 34.1 Å². The molecule has 0 aliphatic carbocycles. The van der Waals surface area contributed by atoms with E-state index in [1.165, 1.54) is 11.3 Å². The second kappa shape index (κ2) is 6.15. The fraction of sp³-hybridized carbons (Fsp3) is 0.333. The highest BCUT2D eigenvalue weighted by molar-refractivity contribution is 9.10.